The number of H-pyrrole nitrogens is 1. The van der Waals surface area contributed by atoms with E-state index in [1.807, 2.05) is 19.1 Å². The summed E-state index contributed by atoms with van der Waals surface area (Å²) in [7, 11) is 0. The summed E-state index contributed by atoms with van der Waals surface area (Å²) < 4.78 is 0. The third-order valence-electron chi connectivity index (χ3n) is 4.37. The lowest BCUT2D eigenvalue weighted by molar-refractivity contribution is 0.977. The molecule has 0 bridgehead atoms. The molecule has 0 saturated heterocycles. The summed E-state index contributed by atoms with van der Waals surface area (Å²) >= 11 is 25.9. The molecule has 0 aliphatic carbocycles. The lowest BCUT2D eigenvalue weighted by atomic mass is 10.0. The fourth-order valence-corrected chi connectivity index (χ4v) is 4.93. The predicted molar refractivity (Wildman–Crippen MR) is 120 cm³/mol. The smallest absolute Gasteiger partial charge is 0.260 e. The van der Waals surface area contributed by atoms with Crippen LogP contribution in [0.2, 0.25) is 20.1 Å². The third kappa shape index (κ3) is 3.68. The molecular formula is C20H12Cl4N2OS. The van der Waals surface area contributed by atoms with Crippen molar-refractivity contribution in [1.82, 2.24) is 9.97 Å². The van der Waals surface area contributed by atoms with Crippen LogP contribution in [0.15, 0.2) is 41.2 Å². The molecule has 2 heterocycles. The average molecular weight is 470 g/mol. The van der Waals surface area contributed by atoms with E-state index in [2.05, 4.69) is 9.97 Å². The van der Waals surface area contributed by atoms with E-state index in [1.165, 1.54) is 11.3 Å². The molecule has 0 radical (unpaired) electrons. The number of nitrogens with one attached hydrogen (secondary N) is 1. The second kappa shape index (κ2) is 7.69. The fraction of sp³-hybridized carbons (Fsp3) is 0.100. The molecule has 4 aromatic rings. The van der Waals surface area contributed by atoms with Gasteiger partial charge in [-0.2, -0.15) is 0 Å². The first-order valence-electron chi connectivity index (χ1n) is 8.25. The summed E-state index contributed by atoms with van der Waals surface area (Å²) in [5.41, 5.74) is 2.30. The van der Waals surface area contributed by atoms with Crippen LogP contribution in [0.1, 0.15) is 16.3 Å². The Labute approximate surface area is 184 Å². The van der Waals surface area contributed by atoms with Crippen molar-refractivity contribution in [1.29, 1.82) is 0 Å². The maximum Gasteiger partial charge on any atom is 0.260 e. The lowest BCUT2D eigenvalue weighted by Crippen LogP contribution is -2.12. The maximum absolute atomic E-state index is 12.9. The van der Waals surface area contributed by atoms with E-state index in [9.17, 15) is 4.79 Å². The number of halogens is 4. The largest absolute Gasteiger partial charge is 0.310 e. The molecule has 2 aromatic carbocycles. The van der Waals surface area contributed by atoms with E-state index >= 15 is 0 Å². The van der Waals surface area contributed by atoms with Crippen LogP contribution < -0.4 is 5.56 Å². The Morgan fingerprint density at radius 2 is 1.79 bits per heavy atom. The Kier molecular flexibility index (Phi) is 5.43. The van der Waals surface area contributed by atoms with Gasteiger partial charge in [0.25, 0.3) is 5.56 Å². The first kappa shape index (κ1) is 19.7. The third-order valence-corrected chi connectivity index (χ3v) is 6.69. The number of benzene rings is 2. The molecule has 0 unspecified atom stereocenters. The highest BCUT2D eigenvalue weighted by Crippen LogP contribution is 2.38. The minimum atomic E-state index is -0.199. The van der Waals surface area contributed by atoms with Crippen molar-refractivity contribution in [3.63, 3.8) is 0 Å². The second-order valence-corrected chi connectivity index (χ2v) is 9.13. The first-order valence-corrected chi connectivity index (χ1v) is 10.6. The monoisotopic (exact) mass is 468 g/mol. The van der Waals surface area contributed by atoms with Gasteiger partial charge in [0.15, 0.2) is 0 Å². The van der Waals surface area contributed by atoms with Crippen molar-refractivity contribution >= 4 is 68.0 Å². The van der Waals surface area contributed by atoms with Crippen LogP contribution in [0.25, 0.3) is 21.3 Å². The maximum atomic E-state index is 12.9. The normalized spacial score (nSPS) is 11.3. The van der Waals surface area contributed by atoms with E-state index in [4.69, 9.17) is 46.4 Å². The van der Waals surface area contributed by atoms with Crippen molar-refractivity contribution in [2.45, 2.75) is 13.3 Å². The number of hydrogen-bond acceptors (Lipinski definition) is 3. The topological polar surface area (TPSA) is 45.8 Å². The van der Waals surface area contributed by atoms with Gasteiger partial charge < -0.3 is 4.98 Å². The summed E-state index contributed by atoms with van der Waals surface area (Å²) in [5, 5.41) is 2.56. The average Bonchev–Trinajstić information content (AvgIpc) is 2.96. The SMILES string of the molecule is Cc1sc2nc(Cc3ccc(Cl)cc3Cl)[nH]c(=O)c2c1-c1ccc(Cl)c(Cl)c1. The van der Waals surface area contributed by atoms with E-state index < -0.39 is 0 Å². The molecule has 3 nitrogen and oxygen atoms in total. The minimum absolute atomic E-state index is 0.199. The van der Waals surface area contributed by atoms with Crippen molar-refractivity contribution in [3.05, 3.63) is 83.1 Å². The van der Waals surface area contributed by atoms with Crippen LogP contribution in [-0.4, -0.2) is 9.97 Å². The number of hydrogen-bond donors (Lipinski definition) is 1. The Morgan fingerprint density at radius 1 is 1.00 bits per heavy atom. The van der Waals surface area contributed by atoms with E-state index in [-0.39, 0.29) is 5.56 Å². The molecule has 0 fully saturated rings. The van der Waals surface area contributed by atoms with Gasteiger partial charge in [-0.05, 0) is 42.3 Å². The van der Waals surface area contributed by atoms with E-state index in [0.717, 1.165) is 21.6 Å². The molecule has 0 atom stereocenters. The zero-order valence-corrected chi connectivity index (χ0v) is 18.3. The zero-order valence-electron chi connectivity index (χ0n) is 14.4. The minimum Gasteiger partial charge on any atom is -0.310 e. The van der Waals surface area contributed by atoms with Crippen LogP contribution >= 0.6 is 57.7 Å². The Hall–Kier alpha value is -1.56. The van der Waals surface area contributed by atoms with Gasteiger partial charge in [0.05, 0.1) is 15.4 Å². The van der Waals surface area contributed by atoms with Crippen molar-refractivity contribution in [2.75, 3.05) is 0 Å². The highest BCUT2D eigenvalue weighted by Gasteiger charge is 2.18. The molecule has 0 amide bonds. The van der Waals surface area contributed by atoms with Crippen LogP contribution in [0.5, 0.6) is 0 Å². The van der Waals surface area contributed by atoms with Crippen LogP contribution in [0.3, 0.4) is 0 Å². The predicted octanol–water partition coefficient (Wildman–Crippen LogP) is 7.16. The number of aryl methyl sites for hydroxylation is 1. The molecule has 0 aliphatic heterocycles. The molecule has 0 aliphatic rings. The second-order valence-electron chi connectivity index (χ2n) is 6.27. The highest BCUT2D eigenvalue weighted by molar-refractivity contribution is 7.19. The standard InChI is InChI=1S/C20H12Cl4N2OS/c1-9-17(11-3-5-13(22)15(24)6-11)18-19(27)25-16(26-20(18)28-9)7-10-2-4-12(21)8-14(10)23/h2-6,8H,7H2,1H3,(H,25,26,27). The molecule has 28 heavy (non-hydrogen) atoms. The Bertz CT molecular complexity index is 1280. The van der Waals surface area contributed by atoms with E-state index in [0.29, 0.717) is 42.6 Å². The van der Waals surface area contributed by atoms with Gasteiger partial charge in [-0.15, -0.1) is 11.3 Å². The van der Waals surface area contributed by atoms with E-state index in [1.54, 1.807) is 24.3 Å². The molecule has 4 rings (SSSR count). The van der Waals surface area contributed by atoms with Gasteiger partial charge in [-0.3, -0.25) is 4.79 Å². The Balaban J connectivity index is 1.82. The zero-order chi connectivity index (χ0) is 20.0. The quantitative estimate of drug-likeness (QED) is 0.345. The van der Waals surface area contributed by atoms with Gasteiger partial charge in [-0.25, -0.2) is 4.98 Å². The number of aromatic amines is 1. The van der Waals surface area contributed by atoms with Crippen LogP contribution in [0, 0.1) is 6.92 Å². The number of fused-ring (bicyclic) bond motifs is 1. The molecule has 0 spiro atoms. The number of rotatable bonds is 3. The van der Waals surface area contributed by atoms with Gasteiger partial charge in [0, 0.05) is 26.9 Å². The number of aromatic nitrogens is 2. The van der Waals surface area contributed by atoms with Gasteiger partial charge >= 0.3 is 0 Å². The molecule has 8 heteroatoms. The number of nitrogens with zero attached hydrogens (tertiary/aromatic N) is 1. The summed E-state index contributed by atoms with van der Waals surface area (Å²) in [4.78, 5) is 22.1. The fourth-order valence-electron chi connectivity index (χ4n) is 3.09. The van der Waals surface area contributed by atoms with Crippen LogP contribution in [0.4, 0.5) is 0 Å². The lowest BCUT2D eigenvalue weighted by Gasteiger charge is -2.06. The molecule has 0 saturated carbocycles. The van der Waals surface area contributed by atoms with Crippen LogP contribution in [-0.2, 0) is 6.42 Å². The van der Waals surface area contributed by atoms with Gasteiger partial charge in [0.2, 0.25) is 0 Å². The van der Waals surface area contributed by atoms with Crippen molar-refractivity contribution < 1.29 is 0 Å². The highest BCUT2D eigenvalue weighted by atomic mass is 35.5. The summed E-state index contributed by atoms with van der Waals surface area (Å²) in [6, 6.07) is 10.6. The van der Waals surface area contributed by atoms with Gasteiger partial charge in [0.1, 0.15) is 10.7 Å². The summed E-state index contributed by atoms with van der Waals surface area (Å²) in [6.07, 6.45) is 0.403. The van der Waals surface area contributed by atoms with Gasteiger partial charge in [-0.1, -0.05) is 58.5 Å². The Morgan fingerprint density at radius 3 is 2.50 bits per heavy atom. The molecule has 142 valence electrons. The summed E-state index contributed by atoms with van der Waals surface area (Å²) in [5.74, 6) is 0.545. The molecule has 2 aromatic heterocycles. The molecule has 1 N–H and O–H groups in total. The van der Waals surface area contributed by atoms with Crippen molar-refractivity contribution in [3.8, 4) is 11.1 Å². The molecular weight excluding hydrogens is 458 g/mol. The first-order chi connectivity index (χ1) is 13.3. The van der Waals surface area contributed by atoms with Crippen molar-refractivity contribution in [2.24, 2.45) is 0 Å². The number of thiophene rings is 1. The summed E-state index contributed by atoms with van der Waals surface area (Å²) in [6.45, 7) is 1.96.